The number of aryl methyl sites for hydroxylation is 1. The van der Waals surface area contributed by atoms with Crippen molar-refractivity contribution in [1.82, 2.24) is 10.3 Å². The maximum atomic E-state index is 11.7. The van der Waals surface area contributed by atoms with Crippen molar-refractivity contribution >= 4 is 23.2 Å². The highest BCUT2D eigenvalue weighted by Crippen LogP contribution is 2.12. The van der Waals surface area contributed by atoms with E-state index in [0.717, 1.165) is 10.7 Å². The summed E-state index contributed by atoms with van der Waals surface area (Å²) in [7, 11) is 0. The van der Waals surface area contributed by atoms with Crippen molar-refractivity contribution in [3.8, 4) is 0 Å². The molecular formula is C11H16N2O3S. The Morgan fingerprint density at radius 2 is 2.12 bits per heavy atom. The number of carboxylic acid groups (broad SMARTS) is 1. The van der Waals surface area contributed by atoms with Gasteiger partial charge >= 0.3 is 5.97 Å². The maximum absolute atomic E-state index is 11.7. The normalized spacial score (nSPS) is 14.1. The zero-order valence-electron chi connectivity index (χ0n) is 10.1. The van der Waals surface area contributed by atoms with Gasteiger partial charge in [-0.25, -0.2) is 4.98 Å². The first-order valence-electron chi connectivity index (χ1n) is 5.33. The van der Waals surface area contributed by atoms with Crippen LogP contribution >= 0.6 is 11.3 Å². The summed E-state index contributed by atoms with van der Waals surface area (Å²) in [5.74, 6) is -2.46. The largest absolute Gasteiger partial charge is 0.481 e. The van der Waals surface area contributed by atoms with Gasteiger partial charge in [-0.15, -0.1) is 11.3 Å². The summed E-state index contributed by atoms with van der Waals surface area (Å²) in [6.07, 6.45) is 0. The van der Waals surface area contributed by atoms with Crippen molar-refractivity contribution < 1.29 is 14.7 Å². The predicted octanol–water partition coefficient (Wildman–Crippen LogP) is 1.42. The maximum Gasteiger partial charge on any atom is 0.307 e. The van der Waals surface area contributed by atoms with Crippen LogP contribution in [0.2, 0.25) is 0 Å². The number of thiazole rings is 1. The Kier molecular flexibility index (Phi) is 4.62. The van der Waals surface area contributed by atoms with Gasteiger partial charge in [0.15, 0.2) is 0 Å². The number of carbonyl (C=O) groups excluding carboxylic acids is 1. The minimum absolute atomic E-state index is 0.259. The van der Waals surface area contributed by atoms with Gasteiger partial charge in [0.25, 0.3) is 0 Å². The van der Waals surface area contributed by atoms with Crippen LogP contribution in [0.3, 0.4) is 0 Å². The van der Waals surface area contributed by atoms with Crippen LogP contribution in [0.5, 0.6) is 0 Å². The van der Waals surface area contributed by atoms with Crippen molar-refractivity contribution in [2.24, 2.45) is 11.8 Å². The topological polar surface area (TPSA) is 79.3 Å². The van der Waals surface area contributed by atoms with Crippen LogP contribution in [0.15, 0.2) is 5.38 Å². The van der Waals surface area contributed by atoms with Crippen molar-refractivity contribution in [3.05, 3.63) is 16.1 Å². The van der Waals surface area contributed by atoms with E-state index < -0.39 is 17.8 Å². The van der Waals surface area contributed by atoms with Gasteiger partial charge in [0.05, 0.1) is 23.2 Å². The number of aromatic nitrogens is 1. The van der Waals surface area contributed by atoms with E-state index >= 15 is 0 Å². The molecule has 94 valence electrons. The van der Waals surface area contributed by atoms with Crippen LogP contribution in [0.4, 0.5) is 0 Å². The molecule has 5 nitrogen and oxygen atoms in total. The average molecular weight is 256 g/mol. The number of nitrogens with one attached hydrogen (secondary N) is 1. The zero-order chi connectivity index (χ0) is 13.0. The fourth-order valence-corrected chi connectivity index (χ4v) is 1.88. The number of carbonyl (C=O) groups is 2. The van der Waals surface area contributed by atoms with E-state index in [1.165, 1.54) is 18.3 Å². The van der Waals surface area contributed by atoms with Gasteiger partial charge in [-0.05, 0) is 6.92 Å². The van der Waals surface area contributed by atoms with Crippen LogP contribution < -0.4 is 5.32 Å². The third-order valence-corrected chi connectivity index (χ3v) is 3.49. The minimum Gasteiger partial charge on any atom is -0.481 e. The van der Waals surface area contributed by atoms with E-state index in [4.69, 9.17) is 5.11 Å². The fourth-order valence-electron chi connectivity index (χ4n) is 1.27. The molecule has 2 N–H and O–H groups in total. The molecule has 17 heavy (non-hydrogen) atoms. The first-order chi connectivity index (χ1) is 7.91. The Morgan fingerprint density at radius 1 is 1.47 bits per heavy atom. The van der Waals surface area contributed by atoms with Gasteiger partial charge in [0, 0.05) is 11.3 Å². The molecule has 0 radical (unpaired) electrons. The standard InChI is InChI=1S/C11H16N2O3S/c1-6(7(2)11(15)16)10(14)12-4-9-5-17-8(3)13-9/h5-7H,4H2,1-3H3,(H,12,14)(H,15,16). The molecule has 2 atom stereocenters. The molecule has 0 spiro atoms. The molecule has 1 aromatic heterocycles. The van der Waals surface area contributed by atoms with Gasteiger partial charge in [-0.3, -0.25) is 9.59 Å². The van der Waals surface area contributed by atoms with Crippen molar-refractivity contribution in [1.29, 1.82) is 0 Å². The second-order valence-electron chi connectivity index (χ2n) is 3.99. The summed E-state index contributed by atoms with van der Waals surface area (Å²) in [6, 6.07) is 0. The third kappa shape index (κ3) is 3.81. The summed E-state index contributed by atoms with van der Waals surface area (Å²) >= 11 is 1.52. The molecule has 1 rings (SSSR count). The van der Waals surface area contributed by atoms with E-state index in [9.17, 15) is 9.59 Å². The van der Waals surface area contributed by atoms with Gasteiger partial charge < -0.3 is 10.4 Å². The quantitative estimate of drug-likeness (QED) is 0.835. The first kappa shape index (κ1) is 13.6. The summed E-state index contributed by atoms with van der Waals surface area (Å²) in [5, 5.41) is 14.3. The van der Waals surface area contributed by atoms with Crippen molar-refractivity contribution in [2.45, 2.75) is 27.3 Å². The summed E-state index contributed by atoms with van der Waals surface area (Å²) < 4.78 is 0. The molecule has 0 aliphatic rings. The Balaban J connectivity index is 2.47. The number of aliphatic carboxylic acids is 1. The first-order valence-corrected chi connectivity index (χ1v) is 6.21. The molecule has 0 aliphatic heterocycles. The third-order valence-electron chi connectivity index (χ3n) is 2.66. The number of hydrogen-bond donors (Lipinski definition) is 2. The van der Waals surface area contributed by atoms with E-state index in [1.807, 2.05) is 12.3 Å². The molecule has 1 amide bonds. The van der Waals surface area contributed by atoms with Crippen LogP contribution in [-0.4, -0.2) is 22.0 Å². The predicted molar refractivity (Wildman–Crippen MR) is 64.7 cm³/mol. The molecule has 0 aliphatic carbocycles. The Morgan fingerprint density at radius 3 is 2.59 bits per heavy atom. The van der Waals surface area contributed by atoms with Crippen molar-refractivity contribution in [2.75, 3.05) is 0 Å². The fraction of sp³-hybridized carbons (Fsp3) is 0.545. The van der Waals surface area contributed by atoms with Crippen LogP contribution in [-0.2, 0) is 16.1 Å². The van der Waals surface area contributed by atoms with E-state index in [-0.39, 0.29) is 5.91 Å². The second kappa shape index (κ2) is 5.77. The summed E-state index contributed by atoms with van der Waals surface area (Å²) in [5.41, 5.74) is 0.802. The number of carboxylic acids is 1. The number of nitrogens with zero attached hydrogens (tertiary/aromatic N) is 1. The van der Waals surface area contributed by atoms with Crippen LogP contribution in [0.25, 0.3) is 0 Å². The summed E-state index contributed by atoms with van der Waals surface area (Å²) in [4.78, 5) is 26.6. The molecule has 0 fully saturated rings. The van der Waals surface area contributed by atoms with Crippen molar-refractivity contribution in [3.63, 3.8) is 0 Å². The molecule has 2 unspecified atom stereocenters. The molecular weight excluding hydrogens is 240 g/mol. The van der Waals surface area contributed by atoms with Crippen LogP contribution in [0.1, 0.15) is 24.5 Å². The molecule has 0 saturated carbocycles. The van der Waals surface area contributed by atoms with Gasteiger partial charge in [-0.1, -0.05) is 13.8 Å². The highest BCUT2D eigenvalue weighted by molar-refractivity contribution is 7.09. The van der Waals surface area contributed by atoms with Crippen LogP contribution in [0, 0.1) is 18.8 Å². The average Bonchev–Trinajstić information content (AvgIpc) is 2.69. The lowest BCUT2D eigenvalue weighted by molar-refractivity contribution is -0.146. The highest BCUT2D eigenvalue weighted by Gasteiger charge is 2.25. The Hall–Kier alpha value is -1.43. The molecule has 6 heteroatoms. The van der Waals surface area contributed by atoms with E-state index in [2.05, 4.69) is 10.3 Å². The lowest BCUT2D eigenvalue weighted by Crippen LogP contribution is -2.34. The number of hydrogen-bond acceptors (Lipinski definition) is 4. The highest BCUT2D eigenvalue weighted by atomic mass is 32.1. The Labute approximate surface area is 104 Å². The SMILES string of the molecule is Cc1nc(CNC(=O)C(C)C(C)C(=O)O)cs1. The lowest BCUT2D eigenvalue weighted by Gasteiger charge is -2.15. The molecule has 1 aromatic rings. The summed E-state index contributed by atoms with van der Waals surface area (Å²) in [6.45, 7) is 5.38. The zero-order valence-corrected chi connectivity index (χ0v) is 10.9. The lowest BCUT2D eigenvalue weighted by atomic mass is 9.95. The minimum atomic E-state index is -0.961. The van der Waals surface area contributed by atoms with Gasteiger partial charge in [0.1, 0.15) is 0 Å². The molecule has 0 bridgehead atoms. The smallest absolute Gasteiger partial charge is 0.307 e. The van der Waals surface area contributed by atoms with E-state index in [0.29, 0.717) is 6.54 Å². The second-order valence-corrected chi connectivity index (χ2v) is 5.05. The number of rotatable bonds is 5. The Bertz CT molecular complexity index is 417. The van der Waals surface area contributed by atoms with Gasteiger partial charge in [0.2, 0.25) is 5.91 Å². The van der Waals surface area contributed by atoms with E-state index in [1.54, 1.807) is 6.92 Å². The molecule has 1 heterocycles. The molecule has 0 aromatic carbocycles. The monoisotopic (exact) mass is 256 g/mol. The number of amides is 1. The van der Waals surface area contributed by atoms with Gasteiger partial charge in [-0.2, -0.15) is 0 Å². The molecule has 0 saturated heterocycles.